The fourth-order valence-electron chi connectivity index (χ4n) is 3.29. The summed E-state index contributed by atoms with van der Waals surface area (Å²) in [4.78, 5) is 38.4. The summed E-state index contributed by atoms with van der Waals surface area (Å²) in [6, 6.07) is 7.31. The number of carbonyl (C=O) groups is 3. The van der Waals surface area contributed by atoms with Crippen LogP contribution in [0.3, 0.4) is 0 Å². The Bertz CT molecular complexity index is 1130. The highest BCUT2D eigenvalue weighted by molar-refractivity contribution is 6.35. The highest BCUT2D eigenvalue weighted by Crippen LogP contribution is 2.42. The number of imide groups is 1. The summed E-state index contributed by atoms with van der Waals surface area (Å²) in [6.45, 7) is 0.842. The SMILES string of the molecule is CC1(c2ccc(Cl)cc2Cl)NC(=O)N(CC(=O)Nc2ccc3c(c2)OC(F)(F)O3)C1=O. The molecule has 0 saturated carbocycles. The van der Waals surface area contributed by atoms with E-state index < -0.39 is 36.2 Å². The van der Waals surface area contributed by atoms with Crippen molar-refractivity contribution in [3.05, 3.63) is 52.0 Å². The molecule has 0 spiro atoms. The van der Waals surface area contributed by atoms with Crippen molar-refractivity contribution in [3.63, 3.8) is 0 Å². The van der Waals surface area contributed by atoms with E-state index in [4.69, 9.17) is 23.2 Å². The molecule has 12 heteroatoms. The van der Waals surface area contributed by atoms with Crippen LogP contribution in [0.25, 0.3) is 0 Å². The molecule has 31 heavy (non-hydrogen) atoms. The lowest BCUT2D eigenvalue weighted by molar-refractivity contribution is -0.286. The average Bonchev–Trinajstić information content (AvgIpc) is 3.08. The Kier molecular flexibility index (Phi) is 4.94. The number of amides is 4. The number of rotatable bonds is 4. The number of hydrogen-bond donors (Lipinski definition) is 2. The molecule has 4 rings (SSSR count). The van der Waals surface area contributed by atoms with Crippen LogP contribution < -0.4 is 20.1 Å². The number of ether oxygens (including phenoxy) is 2. The van der Waals surface area contributed by atoms with Crippen molar-refractivity contribution < 1.29 is 32.6 Å². The van der Waals surface area contributed by atoms with Crippen molar-refractivity contribution in [1.29, 1.82) is 0 Å². The zero-order valence-corrected chi connectivity index (χ0v) is 17.2. The summed E-state index contributed by atoms with van der Waals surface area (Å²) >= 11 is 12.1. The largest absolute Gasteiger partial charge is 0.586 e. The highest BCUT2D eigenvalue weighted by Gasteiger charge is 2.50. The lowest BCUT2D eigenvalue weighted by Gasteiger charge is -2.23. The number of alkyl halides is 2. The first-order valence-electron chi connectivity index (χ1n) is 8.78. The van der Waals surface area contributed by atoms with Crippen molar-refractivity contribution >= 4 is 46.7 Å². The molecule has 2 aliphatic rings. The van der Waals surface area contributed by atoms with E-state index in [0.29, 0.717) is 10.6 Å². The standard InChI is InChI=1S/C19H13Cl2F2N3O5/c1-18(11-4-2-9(20)6-12(11)21)16(28)26(17(29)25-18)8-15(27)24-10-3-5-13-14(7-10)31-19(22,23)30-13/h2-7H,8H2,1H3,(H,24,27)(H,25,29). The van der Waals surface area contributed by atoms with Gasteiger partial charge in [0.1, 0.15) is 12.1 Å². The van der Waals surface area contributed by atoms with Gasteiger partial charge in [-0.05, 0) is 31.2 Å². The molecule has 1 atom stereocenters. The van der Waals surface area contributed by atoms with Gasteiger partial charge >= 0.3 is 12.3 Å². The number of halogens is 4. The van der Waals surface area contributed by atoms with Crippen molar-refractivity contribution in [3.8, 4) is 11.5 Å². The van der Waals surface area contributed by atoms with Crippen LogP contribution in [0.4, 0.5) is 19.3 Å². The second-order valence-corrected chi connectivity index (χ2v) is 7.79. The molecule has 1 unspecified atom stereocenters. The van der Waals surface area contributed by atoms with E-state index in [1.807, 2.05) is 0 Å². The van der Waals surface area contributed by atoms with E-state index >= 15 is 0 Å². The maximum absolute atomic E-state index is 13.1. The Morgan fingerprint density at radius 3 is 2.55 bits per heavy atom. The van der Waals surface area contributed by atoms with Crippen molar-refractivity contribution in [2.45, 2.75) is 18.8 Å². The van der Waals surface area contributed by atoms with E-state index in [2.05, 4.69) is 20.1 Å². The van der Waals surface area contributed by atoms with Crippen LogP contribution in [0, 0.1) is 0 Å². The third kappa shape index (κ3) is 3.84. The molecule has 4 amide bonds. The van der Waals surface area contributed by atoms with Crippen LogP contribution in [-0.2, 0) is 15.1 Å². The van der Waals surface area contributed by atoms with Crippen LogP contribution in [0.15, 0.2) is 36.4 Å². The molecule has 2 aromatic carbocycles. The van der Waals surface area contributed by atoms with Gasteiger partial charge < -0.3 is 20.1 Å². The van der Waals surface area contributed by atoms with Crippen molar-refractivity contribution in [1.82, 2.24) is 10.2 Å². The van der Waals surface area contributed by atoms with Crippen LogP contribution in [-0.4, -0.2) is 35.6 Å². The van der Waals surface area contributed by atoms with E-state index in [0.717, 1.165) is 11.0 Å². The maximum atomic E-state index is 13.1. The van der Waals surface area contributed by atoms with Gasteiger partial charge in [0.05, 0.1) is 0 Å². The number of hydrogen-bond acceptors (Lipinski definition) is 5. The van der Waals surface area contributed by atoms with Gasteiger partial charge in [0, 0.05) is 27.4 Å². The molecule has 1 saturated heterocycles. The summed E-state index contributed by atoms with van der Waals surface area (Å²) < 4.78 is 34.8. The number of nitrogens with zero attached hydrogens (tertiary/aromatic N) is 1. The first kappa shape index (κ1) is 21.1. The molecular weight excluding hydrogens is 459 g/mol. The quantitative estimate of drug-likeness (QED) is 0.662. The van der Waals surface area contributed by atoms with Crippen LogP contribution >= 0.6 is 23.2 Å². The van der Waals surface area contributed by atoms with E-state index in [1.54, 1.807) is 0 Å². The molecule has 8 nitrogen and oxygen atoms in total. The third-order valence-corrected chi connectivity index (χ3v) is 5.28. The van der Waals surface area contributed by atoms with Gasteiger partial charge in [-0.3, -0.25) is 14.5 Å². The van der Waals surface area contributed by atoms with Gasteiger partial charge in [0.2, 0.25) is 5.91 Å². The Balaban J connectivity index is 1.48. The fraction of sp³-hybridized carbons (Fsp3) is 0.211. The summed E-state index contributed by atoms with van der Waals surface area (Å²) in [5, 5.41) is 5.47. The highest BCUT2D eigenvalue weighted by atomic mass is 35.5. The van der Waals surface area contributed by atoms with Gasteiger partial charge in [-0.2, -0.15) is 0 Å². The minimum Gasteiger partial charge on any atom is -0.395 e. The van der Waals surface area contributed by atoms with Crippen LogP contribution in [0.5, 0.6) is 11.5 Å². The summed E-state index contributed by atoms with van der Waals surface area (Å²) in [5.74, 6) is -1.88. The molecule has 2 aliphatic heterocycles. The lowest BCUT2D eigenvalue weighted by Crippen LogP contribution is -2.42. The first-order chi connectivity index (χ1) is 14.5. The molecule has 0 aromatic heterocycles. The monoisotopic (exact) mass is 471 g/mol. The van der Waals surface area contributed by atoms with E-state index in [1.165, 1.54) is 37.3 Å². The van der Waals surface area contributed by atoms with E-state index in [-0.39, 0.29) is 22.2 Å². The second-order valence-electron chi connectivity index (χ2n) is 6.95. The molecule has 2 heterocycles. The molecule has 1 fully saturated rings. The van der Waals surface area contributed by atoms with Crippen LogP contribution in [0.2, 0.25) is 10.0 Å². The zero-order chi connectivity index (χ0) is 22.6. The van der Waals surface area contributed by atoms with Gasteiger partial charge in [-0.15, -0.1) is 8.78 Å². The summed E-state index contributed by atoms with van der Waals surface area (Å²) in [6.07, 6.45) is -3.79. The Morgan fingerprint density at radius 2 is 1.84 bits per heavy atom. The Morgan fingerprint density at radius 1 is 1.13 bits per heavy atom. The minimum absolute atomic E-state index is 0.112. The van der Waals surface area contributed by atoms with Gasteiger partial charge in [-0.1, -0.05) is 29.3 Å². The van der Waals surface area contributed by atoms with Crippen molar-refractivity contribution in [2.75, 3.05) is 11.9 Å². The average molecular weight is 472 g/mol. The van der Waals surface area contributed by atoms with Gasteiger partial charge in [-0.25, -0.2) is 4.79 Å². The number of fused-ring (bicyclic) bond motifs is 1. The molecule has 0 bridgehead atoms. The molecule has 0 radical (unpaired) electrons. The normalized spacial score (nSPS) is 21.3. The predicted molar refractivity (Wildman–Crippen MR) is 105 cm³/mol. The second kappa shape index (κ2) is 7.24. The fourth-order valence-corrected chi connectivity index (χ4v) is 3.89. The summed E-state index contributed by atoms with van der Waals surface area (Å²) in [5.41, 5.74) is -1.07. The smallest absolute Gasteiger partial charge is 0.395 e. The lowest BCUT2D eigenvalue weighted by atomic mass is 9.92. The first-order valence-corrected chi connectivity index (χ1v) is 9.53. The third-order valence-electron chi connectivity index (χ3n) is 4.73. The topological polar surface area (TPSA) is 97.0 Å². The number of nitrogens with one attached hydrogen (secondary N) is 2. The van der Waals surface area contributed by atoms with E-state index in [9.17, 15) is 23.2 Å². The van der Waals surface area contributed by atoms with Gasteiger partial charge in [0.25, 0.3) is 5.91 Å². The number of benzene rings is 2. The number of anilines is 1. The molecular formula is C19H13Cl2F2N3O5. The molecule has 162 valence electrons. The van der Waals surface area contributed by atoms with Crippen LogP contribution in [0.1, 0.15) is 12.5 Å². The number of carbonyl (C=O) groups excluding carboxylic acids is 3. The Labute approximate surface area is 184 Å². The van der Waals surface area contributed by atoms with Gasteiger partial charge in [0.15, 0.2) is 11.5 Å². The summed E-state index contributed by atoms with van der Waals surface area (Å²) in [7, 11) is 0. The molecule has 2 aromatic rings. The molecule has 0 aliphatic carbocycles. The number of urea groups is 1. The van der Waals surface area contributed by atoms with Crippen molar-refractivity contribution in [2.24, 2.45) is 0 Å². The Hall–Kier alpha value is -3.11. The zero-order valence-electron chi connectivity index (χ0n) is 15.7. The maximum Gasteiger partial charge on any atom is 0.586 e. The predicted octanol–water partition coefficient (Wildman–Crippen LogP) is 3.72. The molecule has 2 N–H and O–H groups in total. The minimum atomic E-state index is -3.79.